The van der Waals surface area contributed by atoms with Crippen LogP contribution in [0.2, 0.25) is 0 Å². The molecule has 2 N–H and O–H groups in total. The van der Waals surface area contributed by atoms with Crippen molar-refractivity contribution in [3.63, 3.8) is 0 Å². The molecule has 3 rings (SSSR count). The van der Waals surface area contributed by atoms with Crippen molar-refractivity contribution in [1.82, 2.24) is 5.32 Å². The molecule has 2 heterocycles. The van der Waals surface area contributed by atoms with Crippen molar-refractivity contribution >= 4 is 19.5 Å². The first-order valence-electron chi connectivity index (χ1n) is 8.35. The van der Waals surface area contributed by atoms with Crippen LogP contribution in [0.1, 0.15) is 20.3 Å². The van der Waals surface area contributed by atoms with Crippen molar-refractivity contribution in [1.29, 1.82) is 0 Å². The number of carboxylic acid groups (broad SMARTS) is 1. The number of carbonyl (C=O) groups excluding carboxylic acids is 1. The third kappa shape index (κ3) is 2.63. The van der Waals surface area contributed by atoms with Gasteiger partial charge in [0, 0.05) is 24.8 Å². The number of nitrogens with one attached hydrogen (secondary N) is 1. The zero-order valence-corrected chi connectivity index (χ0v) is 16.0. The Hall–Kier alpha value is -2.13. The molecule has 3 aliphatic rings. The summed E-state index contributed by atoms with van der Waals surface area (Å²) in [7, 11) is -2.47. The lowest BCUT2D eigenvalue weighted by molar-refractivity contribution is -0.135. The van der Waals surface area contributed by atoms with Gasteiger partial charge >= 0.3 is 13.6 Å². The first kappa shape index (κ1) is 19.6. The fourth-order valence-corrected chi connectivity index (χ4v) is 5.49. The summed E-state index contributed by atoms with van der Waals surface area (Å²) >= 11 is 0. The first-order chi connectivity index (χ1) is 12.8. The number of fused-ring (bicyclic) bond motifs is 1. The van der Waals surface area contributed by atoms with Crippen molar-refractivity contribution in [3.05, 3.63) is 35.2 Å². The fraction of sp³-hybridized carbons (Fsp3) is 0.500. The van der Waals surface area contributed by atoms with Crippen LogP contribution in [0.5, 0.6) is 0 Å². The van der Waals surface area contributed by atoms with E-state index in [9.17, 15) is 19.3 Å². The number of ether oxygens (including phenoxy) is 1. The summed E-state index contributed by atoms with van der Waals surface area (Å²) in [4.78, 5) is 24.3. The largest absolute Gasteiger partial charge is 0.478 e. The molecule has 1 aliphatic carbocycles. The second kappa shape index (κ2) is 6.79. The molecular weight excluding hydrogens is 377 g/mol. The topological polar surface area (TPSA) is 136 Å². The highest BCUT2D eigenvalue weighted by Gasteiger charge is 2.62. The first-order valence-corrected chi connectivity index (χ1v) is 9.89. The maximum atomic E-state index is 13.5. The molecule has 0 aromatic carbocycles. The summed E-state index contributed by atoms with van der Waals surface area (Å²) in [6.07, 6.45) is 3.94. The zero-order valence-electron chi connectivity index (χ0n) is 15.1. The van der Waals surface area contributed by atoms with E-state index < -0.39 is 30.4 Å². The van der Waals surface area contributed by atoms with Crippen LogP contribution in [-0.4, -0.2) is 48.2 Å². The number of rotatable bonds is 7. The lowest BCUT2D eigenvalue weighted by Gasteiger charge is -2.38. The van der Waals surface area contributed by atoms with Crippen molar-refractivity contribution in [2.45, 2.75) is 31.1 Å². The summed E-state index contributed by atoms with van der Waals surface area (Å²) in [5, 5.41) is 18.2. The molecule has 0 aromatic heterocycles. The van der Waals surface area contributed by atoms with Crippen molar-refractivity contribution in [2.24, 2.45) is 10.2 Å². The van der Waals surface area contributed by atoms with Crippen molar-refractivity contribution in [2.75, 3.05) is 20.3 Å². The minimum absolute atomic E-state index is 0.116. The van der Waals surface area contributed by atoms with Crippen molar-refractivity contribution in [3.8, 4) is 0 Å². The number of amides is 1. The Labute approximate surface area is 155 Å². The molecule has 0 fully saturated rings. The SMILES string of the molecule is CCOP(=O)(OCC)C1(OC)C=CC2=C(C1)C1(N=NC=C1C(=O)O)C(=O)N2. The number of carbonyl (C=O) groups is 2. The molecular formula is C16H20N3O7P. The van der Waals surface area contributed by atoms with Crippen LogP contribution in [0.25, 0.3) is 0 Å². The lowest BCUT2D eigenvalue weighted by atomic mass is 9.80. The Balaban J connectivity index is 2.11. The molecule has 0 radical (unpaired) electrons. The van der Waals surface area contributed by atoms with Gasteiger partial charge in [-0.2, -0.15) is 10.2 Å². The summed E-state index contributed by atoms with van der Waals surface area (Å²) < 4.78 is 30.0. The number of nitrogens with zero attached hydrogens (tertiary/aromatic N) is 2. The standard InChI is InChI=1S/C16H20N3O7P/c1-4-25-27(23,26-5-2)15(24-3)7-6-12-10(8-15)16(14(22)18-12)11(13(20)21)9-17-19-16/h6-7,9H,4-5,8H2,1-3H3,(H,18,22)(H,20,21). The van der Waals surface area contributed by atoms with Gasteiger partial charge in [0.1, 0.15) is 5.57 Å². The van der Waals surface area contributed by atoms with E-state index in [-0.39, 0.29) is 25.2 Å². The number of aliphatic carboxylic acids is 1. The molecule has 0 aromatic rings. The second-order valence-electron chi connectivity index (χ2n) is 6.01. The van der Waals surface area contributed by atoms with Crippen molar-refractivity contribution < 1.29 is 33.0 Å². The molecule has 1 amide bonds. The van der Waals surface area contributed by atoms with E-state index in [1.165, 1.54) is 19.3 Å². The number of carboxylic acids is 1. The lowest BCUT2D eigenvalue weighted by Crippen LogP contribution is -2.44. The number of hydrogen-bond donors (Lipinski definition) is 2. The van der Waals surface area contributed by atoms with Crippen LogP contribution in [0.4, 0.5) is 0 Å². The molecule has 146 valence electrons. The van der Waals surface area contributed by atoms with Crippen LogP contribution in [0, 0.1) is 0 Å². The predicted octanol–water partition coefficient (Wildman–Crippen LogP) is 2.11. The van der Waals surface area contributed by atoms with E-state index in [2.05, 4.69) is 15.5 Å². The normalized spacial score (nSPS) is 29.3. The Morgan fingerprint density at radius 2 is 2.04 bits per heavy atom. The third-order valence-corrected chi connectivity index (χ3v) is 7.32. The molecule has 0 saturated heterocycles. The Morgan fingerprint density at radius 1 is 1.37 bits per heavy atom. The monoisotopic (exact) mass is 397 g/mol. The molecule has 2 unspecified atom stereocenters. The number of allylic oxidation sites excluding steroid dienone is 1. The van der Waals surface area contributed by atoms with Crippen LogP contribution < -0.4 is 5.32 Å². The quantitative estimate of drug-likeness (QED) is 0.628. The molecule has 2 atom stereocenters. The van der Waals surface area contributed by atoms with Gasteiger partial charge in [-0.05, 0) is 26.0 Å². The minimum atomic E-state index is -3.82. The Morgan fingerprint density at radius 3 is 2.59 bits per heavy atom. The second-order valence-corrected chi connectivity index (χ2v) is 8.28. The molecule has 2 aliphatic heterocycles. The van der Waals surface area contributed by atoms with Gasteiger partial charge in [-0.15, -0.1) is 0 Å². The maximum absolute atomic E-state index is 13.5. The number of methoxy groups -OCH3 is 1. The van der Waals surface area contributed by atoms with Gasteiger partial charge in [-0.3, -0.25) is 9.36 Å². The average molecular weight is 397 g/mol. The predicted molar refractivity (Wildman–Crippen MR) is 92.8 cm³/mol. The molecule has 0 bridgehead atoms. The van der Waals surface area contributed by atoms with E-state index in [4.69, 9.17) is 13.8 Å². The molecule has 27 heavy (non-hydrogen) atoms. The Kier molecular flexibility index (Phi) is 4.94. The summed E-state index contributed by atoms with van der Waals surface area (Å²) in [5.41, 5.74) is -1.43. The summed E-state index contributed by atoms with van der Waals surface area (Å²) in [6, 6.07) is 0. The van der Waals surface area contributed by atoms with E-state index >= 15 is 0 Å². The van der Waals surface area contributed by atoms with Crippen LogP contribution in [0.3, 0.4) is 0 Å². The van der Waals surface area contributed by atoms with E-state index in [1.54, 1.807) is 13.8 Å². The molecule has 10 nitrogen and oxygen atoms in total. The third-order valence-electron chi connectivity index (χ3n) is 4.71. The van der Waals surface area contributed by atoms with Gasteiger partial charge in [0.2, 0.25) is 5.54 Å². The number of azo groups is 1. The smallest absolute Gasteiger partial charge is 0.366 e. The van der Waals surface area contributed by atoms with Gasteiger partial charge < -0.3 is 24.2 Å². The van der Waals surface area contributed by atoms with Crippen LogP contribution in [0.15, 0.2) is 45.4 Å². The highest BCUT2D eigenvalue weighted by Crippen LogP contribution is 2.65. The Bertz CT molecular complexity index is 852. The van der Waals surface area contributed by atoms with Gasteiger partial charge in [-0.1, -0.05) is 0 Å². The van der Waals surface area contributed by atoms with Gasteiger partial charge in [-0.25, -0.2) is 4.79 Å². The average Bonchev–Trinajstić information content (AvgIpc) is 3.19. The highest BCUT2D eigenvalue weighted by atomic mass is 31.2. The summed E-state index contributed by atoms with van der Waals surface area (Å²) in [5.74, 6) is -1.96. The maximum Gasteiger partial charge on any atom is 0.366 e. The zero-order chi connectivity index (χ0) is 19.9. The summed E-state index contributed by atoms with van der Waals surface area (Å²) in [6.45, 7) is 3.57. The van der Waals surface area contributed by atoms with Gasteiger partial charge in [0.05, 0.1) is 19.4 Å². The fourth-order valence-electron chi connectivity index (χ4n) is 3.47. The van der Waals surface area contributed by atoms with Gasteiger partial charge in [0.25, 0.3) is 5.91 Å². The van der Waals surface area contributed by atoms with E-state index in [0.717, 1.165) is 6.20 Å². The highest BCUT2D eigenvalue weighted by molar-refractivity contribution is 7.55. The van der Waals surface area contributed by atoms with Crippen LogP contribution in [-0.2, 0) is 27.9 Å². The molecule has 0 saturated carbocycles. The molecule has 1 spiro atoms. The number of hydrogen-bond acceptors (Lipinski definition) is 8. The minimum Gasteiger partial charge on any atom is -0.478 e. The molecule has 11 heteroatoms. The van der Waals surface area contributed by atoms with E-state index in [1.807, 2.05) is 0 Å². The van der Waals surface area contributed by atoms with Gasteiger partial charge in [0.15, 0.2) is 5.34 Å². The van der Waals surface area contributed by atoms with E-state index in [0.29, 0.717) is 11.3 Å². The van der Waals surface area contributed by atoms with Crippen LogP contribution >= 0.6 is 7.60 Å².